The number of hydrogen-bond acceptors (Lipinski definition) is 2. The van der Waals surface area contributed by atoms with Gasteiger partial charge in [0.1, 0.15) is 0 Å². The van der Waals surface area contributed by atoms with Crippen molar-refractivity contribution in [3.05, 3.63) is 58.3 Å². The van der Waals surface area contributed by atoms with Gasteiger partial charge in [-0.2, -0.15) is 0 Å². The minimum atomic E-state index is -0.248. The summed E-state index contributed by atoms with van der Waals surface area (Å²) in [7, 11) is 0. The van der Waals surface area contributed by atoms with Crippen molar-refractivity contribution >= 4 is 27.7 Å². The summed E-state index contributed by atoms with van der Waals surface area (Å²) in [6, 6.07) is 13.3. The highest BCUT2D eigenvalue weighted by Gasteiger charge is 2.11. The molecular formula is C13H11BrFNS. The van der Waals surface area contributed by atoms with E-state index in [9.17, 15) is 4.39 Å². The van der Waals surface area contributed by atoms with Crippen molar-refractivity contribution in [2.45, 2.75) is 16.3 Å². The highest BCUT2D eigenvalue weighted by molar-refractivity contribution is 9.10. The van der Waals surface area contributed by atoms with Gasteiger partial charge in [0.05, 0.1) is 4.47 Å². The zero-order valence-electron chi connectivity index (χ0n) is 8.99. The molecule has 0 aromatic heterocycles. The Morgan fingerprint density at radius 1 is 1.12 bits per heavy atom. The van der Waals surface area contributed by atoms with E-state index in [4.69, 9.17) is 5.73 Å². The quantitative estimate of drug-likeness (QED) is 0.919. The molecular weight excluding hydrogens is 301 g/mol. The molecule has 2 aromatic rings. The highest BCUT2D eigenvalue weighted by atomic mass is 79.9. The molecule has 1 nitrogen and oxygen atoms in total. The van der Waals surface area contributed by atoms with Crippen LogP contribution in [0.25, 0.3) is 0 Å². The van der Waals surface area contributed by atoms with E-state index in [2.05, 4.69) is 15.9 Å². The van der Waals surface area contributed by atoms with Gasteiger partial charge in [-0.05, 0) is 39.7 Å². The first-order chi connectivity index (χ1) is 8.22. The molecule has 0 spiro atoms. The predicted octanol–water partition coefficient (Wildman–Crippen LogP) is 4.20. The van der Waals surface area contributed by atoms with Crippen LogP contribution in [0.15, 0.2) is 56.7 Å². The van der Waals surface area contributed by atoms with E-state index in [1.807, 2.05) is 36.4 Å². The van der Waals surface area contributed by atoms with Crippen molar-refractivity contribution in [2.75, 3.05) is 0 Å². The minimum Gasteiger partial charge on any atom is -0.326 e. The van der Waals surface area contributed by atoms with E-state index in [-0.39, 0.29) is 5.82 Å². The van der Waals surface area contributed by atoms with Crippen LogP contribution < -0.4 is 5.73 Å². The van der Waals surface area contributed by atoms with Crippen molar-refractivity contribution in [3.63, 3.8) is 0 Å². The summed E-state index contributed by atoms with van der Waals surface area (Å²) in [4.78, 5) is 1.61. The van der Waals surface area contributed by atoms with E-state index in [0.717, 1.165) is 10.5 Å². The molecule has 0 aliphatic rings. The van der Waals surface area contributed by atoms with Crippen molar-refractivity contribution in [1.82, 2.24) is 0 Å². The van der Waals surface area contributed by atoms with Crippen molar-refractivity contribution in [3.8, 4) is 0 Å². The summed E-state index contributed by atoms with van der Waals surface area (Å²) in [6.07, 6.45) is 0. The third-order valence-corrected chi connectivity index (χ3v) is 4.22. The molecule has 2 N–H and O–H groups in total. The Bertz CT molecular complexity index is 516. The van der Waals surface area contributed by atoms with E-state index in [1.54, 1.807) is 6.07 Å². The molecule has 0 unspecified atom stereocenters. The molecule has 0 atom stereocenters. The lowest BCUT2D eigenvalue weighted by Crippen LogP contribution is -1.99. The van der Waals surface area contributed by atoms with E-state index in [0.29, 0.717) is 15.9 Å². The number of rotatable bonds is 3. The van der Waals surface area contributed by atoms with Crippen LogP contribution in [0.4, 0.5) is 4.39 Å². The zero-order chi connectivity index (χ0) is 12.3. The van der Waals surface area contributed by atoms with Gasteiger partial charge in [-0.1, -0.05) is 36.0 Å². The topological polar surface area (TPSA) is 26.0 Å². The number of nitrogens with two attached hydrogens (primary N) is 1. The van der Waals surface area contributed by atoms with Gasteiger partial charge in [-0.25, -0.2) is 4.39 Å². The smallest absolute Gasteiger partial charge is 0.151 e. The average molecular weight is 312 g/mol. The molecule has 0 saturated heterocycles. The SMILES string of the molecule is NCc1ccc(Sc2ccccc2)c(F)c1Br. The molecule has 0 heterocycles. The van der Waals surface area contributed by atoms with Crippen LogP contribution in [0, 0.1) is 5.82 Å². The summed E-state index contributed by atoms with van der Waals surface area (Å²) in [5.41, 5.74) is 6.30. The van der Waals surface area contributed by atoms with Crippen LogP contribution >= 0.6 is 27.7 Å². The van der Waals surface area contributed by atoms with Gasteiger partial charge in [-0.3, -0.25) is 0 Å². The summed E-state index contributed by atoms with van der Waals surface area (Å²) in [5.74, 6) is -0.248. The number of benzene rings is 2. The van der Waals surface area contributed by atoms with Crippen molar-refractivity contribution < 1.29 is 4.39 Å². The third kappa shape index (κ3) is 2.89. The van der Waals surface area contributed by atoms with Gasteiger partial charge in [0.2, 0.25) is 0 Å². The number of halogens is 2. The van der Waals surface area contributed by atoms with Gasteiger partial charge in [-0.15, -0.1) is 0 Å². The largest absolute Gasteiger partial charge is 0.326 e. The first-order valence-corrected chi connectivity index (χ1v) is 6.73. The maximum atomic E-state index is 14.0. The normalized spacial score (nSPS) is 10.5. The molecule has 88 valence electrons. The molecule has 0 bridgehead atoms. The zero-order valence-corrected chi connectivity index (χ0v) is 11.4. The fraction of sp³-hybridized carbons (Fsp3) is 0.0769. The van der Waals surface area contributed by atoms with E-state index < -0.39 is 0 Å². The lowest BCUT2D eigenvalue weighted by atomic mass is 10.2. The Morgan fingerprint density at radius 2 is 1.82 bits per heavy atom. The molecule has 0 fully saturated rings. The van der Waals surface area contributed by atoms with Gasteiger partial charge >= 0.3 is 0 Å². The van der Waals surface area contributed by atoms with Crippen LogP contribution in [0.5, 0.6) is 0 Å². The summed E-state index contributed by atoms with van der Waals surface area (Å²) >= 11 is 4.64. The van der Waals surface area contributed by atoms with E-state index in [1.165, 1.54) is 11.8 Å². The first kappa shape index (κ1) is 12.6. The standard InChI is InChI=1S/C13H11BrFNS/c14-12-9(8-16)6-7-11(13(12)15)17-10-4-2-1-3-5-10/h1-7H,8,16H2. The first-order valence-electron chi connectivity index (χ1n) is 5.12. The molecule has 0 radical (unpaired) electrons. The molecule has 17 heavy (non-hydrogen) atoms. The summed E-state index contributed by atoms with van der Waals surface area (Å²) in [5, 5.41) is 0. The Labute approximate surface area is 112 Å². The predicted molar refractivity (Wildman–Crippen MR) is 72.6 cm³/mol. The molecule has 0 aliphatic carbocycles. The lowest BCUT2D eigenvalue weighted by Gasteiger charge is -2.08. The molecule has 2 aromatic carbocycles. The fourth-order valence-corrected chi connectivity index (χ4v) is 2.94. The second-order valence-electron chi connectivity index (χ2n) is 3.47. The molecule has 2 rings (SSSR count). The van der Waals surface area contributed by atoms with Crippen LogP contribution in [0.3, 0.4) is 0 Å². The second kappa shape index (κ2) is 5.67. The number of hydrogen-bond donors (Lipinski definition) is 1. The third-order valence-electron chi connectivity index (χ3n) is 2.32. The van der Waals surface area contributed by atoms with Gasteiger partial charge < -0.3 is 5.73 Å². The monoisotopic (exact) mass is 311 g/mol. The van der Waals surface area contributed by atoms with Crippen molar-refractivity contribution in [2.24, 2.45) is 5.73 Å². The average Bonchev–Trinajstić information content (AvgIpc) is 2.37. The van der Waals surface area contributed by atoms with E-state index >= 15 is 0 Å². The van der Waals surface area contributed by atoms with Crippen LogP contribution in [0.1, 0.15) is 5.56 Å². The van der Waals surface area contributed by atoms with Gasteiger partial charge in [0.25, 0.3) is 0 Å². The van der Waals surface area contributed by atoms with Crippen LogP contribution in [-0.2, 0) is 6.54 Å². The summed E-state index contributed by atoms with van der Waals surface area (Å²) < 4.78 is 14.5. The summed E-state index contributed by atoms with van der Waals surface area (Å²) in [6.45, 7) is 0.327. The van der Waals surface area contributed by atoms with Crippen molar-refractivity contribution in [1.29, 1.82) is 0 Å². The Balaban J connectivity index is 2.32. The molecule has 4 heteroatoms. The van der Waals surface area contributed by atoms with Crippen LogP contribution in [-0.4, -0.2) is 0 Å². The highest BCUT2D eigenvalue weighted by Crippen LogP contribution is 2.34. The fourth-order valence-electron chi connectivity index (χ4n) is 1.42. The lowest BCUT2D eigenvalue weighted by molar-refractivity contribution is 0.592. The maximum Gasteiger partial charge on any atom is 0.151 e. The Morgan fingerprint density at radius 3 is 2.47 bits per heavy atom. The Kier molecular flexibility index (Phi) is 4.20. The Hall–Kier alpha value is -0.840. The van der Waals surface area contributed by atoms with Gasteiger partial charge in [0.15, 0.2) is 5.82 Å². The molecule has 0 amide bonds. The van der Waals surface area contributed by atoms with Gasteiger partial charge in [0, 0.05) is 16.3 Å². The maximum absolute atomic E-state index is 14.0. The van der Waals surface area contributed by atoms with Crippen LogP contribution in [0.2, 0.25) is 0 Å². The molecule has 0 saturated carbocycles. The minimum absolute atomic E-state index is 0.248. The second-order valence-corrected chi connectivity index (χ2v) is 5.38. The molecule has 0 aliphatic heterocycles.